The zero-order valence-corrected chi connectivity index (χ0v) is 10.7. The van der Waals surface area contributed by atoms with Crippen LogP contribution in [0.4, 0.5) is 0 Å². The minimum Gasteiger partial charge on any atom is -0.394 e. The Hall–Kier alpha value is -0.380. The van der Waals surface area contributed by atoms with Gasteiger partial charge in [0.25, 0.3) is 0 Å². The minimum atomic E-state index is 0.0106. The van der Waals surface area contributed by atoms with Crippen LogP contribution >= 0.6 is 11.3 Å². The quantitative estimate of drug-likeness (QED) is 0.827. The van der Waals surface area contributed by atoms with Crippen LogP contribution in [0.25, 0.3) is 0 Å². The minimum absolute atomic E-state index is 0.0106. The molecule has 16 heavy (non-hydrogen) atoms. The predicted octanol–water partition coefficient (Wildman–Crippen LogP) is 2.57. The van der Waals surface area contributed by atoms with E-state index < -0.39 is 0 Å². The summed E-state index contributed by atoms with van der Waals surface area (Å²) in [6.45, 7) is 2.50. The summed E-state index contributed by atoms with van der Waals surface area (Å²) in [7, 11) is 0. The largest absolute Gasteiger partial charge is 0.394 e. The van der Waals surface area contributed by atoms with Crippen molar-refractivity contribution in [1.82, 2.24) is 5.32 Å². The average molecular weight is 239 g/mol. The van der Waals surface area contributed by atoms with Crippen molar-refractivity contribution in [1.29, 1.82) is 0 Å². The van der Waals surface area contributed by atoms with E-state index in [4.69, 9.17) is 0 Å². The molecule has 2 N–H and O–H groups in total. The van der Waals surface area contributed by atoms with E-state index in [1.807, 2.05) is 11.3 Å². The number of thiophene rings is 1. The molecule has 1 aromatic heterocycles. The standard InChI is InChI=1S/C13H21NOS/c1-11(9-12-5-4-8-16-12)14-13(10-15)6-2-3-7-13/h4-5,8,11,14-15H,2-3,6-7,9-10H2,1H3. The van der Waals surface area contributed by atoms with Gasteiger partial charge in [0.2, 0.25) is 0 Å². The second kappa shape index (κ2) is 5.30. The Labute approximate surface area is 102 Å². The molecule has 0 radical (unpaired) electrons. The fraction of sp³-hybridized carbons (Fsp3) is 0.692. The van der Waals surface area contributed by atoms with Crippen molar-refractivity contribution < 1.29 is 5.11 Å². The Morgan fingerprint density at radius 2 is 2.25 bits per heavy atom. The summed E-state index contributed by atoms with van der Waals surface area (Å²) >= 11 is 1.81. The lowest BCUT2D eigenvalue weighted by molar-refractivity contribution is 0.153. The van der Waals surface area contributed by atoms with E-state index in [-0.39, 0.29) is 12.1 Å². The van der Waals surface area contributed by atoms with Crippen molar-refractivity contribution in [3.8, 4) is 0 Å². The molecule has 1 heterocycles. The molecule has 0 amide bonds. The summed E-state index contributed by atoms with van der Waals surface area (Å²) in [6.07, 6.45) is 5.81. The van der Waals surface area contributed by atoms with Gasteiger partial charge in [-0.2, -0.15) is 0 Å². The van der Waals surface area contributed by atoms with Gasteiger partial charge in [0, 0.05) is 16.5 Å². The lowest BCUT2D eigenvalue weighted by atomic mass is 9.97. The van der Waals surface area contributed by atoms with Crippen LogP contribution in [0.15, 0.2) is 17.5 Å². The van der Waals surface area contributed by atoms with Gasteiger partial charge < -0.3 is 10.4 Å². The first-order valence-corrected chi connectivity index (χ1v) is 7.03. The number of rotatable bonds is 5. The molecule has 1 aliphatic rings. The normalized spacial score (nSPS) is 21.1. The highest BCUT2D eigenvalue weighted by Crippen LogP contribution is 2.30. The number of hydrogen-bond acceptors (Lipinski definition) is 3. The van der Waals surface area contributed by atoms with Crippen LogP contribution in [0.2, 0.25) is 0 Å². The highest BCUT2D eigenvalue weighted by Gasteiger charge is 2.33. The van der Waals surface area contributed by atoms with Crippen molar-refractivity contribution in [3.05, 3.63) is 22.4 Å². The van der Waals surface area contributed by atoms with Crippen LogP contribution < -0.4 is 5.32 Å². The molecule has 0 saturated heterocycles. The molecule has 0 spiro atoms. The highest BCUT2D eigenvalue weighted by molar-refractivity contribution is 7.09. The second-order valence-electron chi connectivity index (χ2n) is 4.97. The summed E-state index contributed by atoms with van der Waals surface area (Å²) in [5.41, 5.74) is 0.0106. The molecule has 1 unspecified atom stereocenters. The summed E-state index contributed by atoms with van der Waals surface area (Å²) in [5, 5.41) is 15.3. The van der Waals surface area contributed by atoms with Gasteiger partial charge in [0.15, 0.2) is 0 Å². The molecule has 1 fully saturated rings. The molecule has 0 aliphatic heterocycles. The topological polar surface area (TPSA) is 32.3 Å². The zero-order chi connectivity index (χ0) is 11.4. The predicted molar refractivity (Wildman–Crippen MR) is 68.9 cm³/mol. The number of aliphatic hydroxyl groups is 1. The van der Waals surface area contributed by atoms with Crippen LogP contribution in [0.1, 0.15) is 37.5 Å². The molecule has 1 aromatic rings. The van der Waals surface area contributed by atoms with Crippen molar-refractivity contribution in [2.75, 3.05) is 6.61 Å². The van der Waals surface area contributed by atoms with E-state index in [1.54, 1.807) is 0 Å². The highest BCUT2D eigenvalue weighted by atomic mass is 32.1. The van der Waals surface area contributed by atoms with Crippen LogP contribution in [0.5, 0.6) is 0 Å². The van der Waals surface area contributed by atoms with E-state index in [0.29, 0.717) is 6.04 Å². The maximum absolute atomic E-state index is 9.53. The second-order valence-corrected chi connectivity index (χ2v) is 6.01. The van der Waals surface area contributed by atoms with Crippen LogP contribution in [-0.2, 0) is 6.42 Å². The van der Waals surface area contributed by atoms with Crippen molar-refractivity contribution in [2.45, 2.75) is 50.6 Å². The van der Waals surface area contributed by atoms with Gasteiger partial charge in [-0.25, -0.2) is 0 Å². The first-order valence-electron chi connectivity index (χ1n) is 6.15. The Morgan fingerprint density at radius 1 is 1.50 bits per heavy atom. The number of nitrogens with one attached hydrogen (secondary N) is 1. The summed E-state index contributed by atoms with van der Waals surface area (Å²) in [5.74, 6) is 0. The molecule has 90 valence electrons. The van der Waals surface area contributed by atoms with E-state index in [2.05, 4.69) is 29.8 Å². The van der Waals surface area contributed by atoms with E-state index >= 15 is 0 Å². The van der Waals surface area contributed by atoms with Crippen LogP contribution in [0, 0.1) is 0 Å². The molecule has 2 rings (SSSR count). The lowest BCUT2D eigenvalue weighted by Gasteiger charge is -2.31. The number of aliphatic hydroxyl groups excluding tert-OH is 1. The maximum atomic E-state index is 9.53. The molecular weight excluding hydrogens is 218 g/mol. The molecule has 0 bridgehead atoms. The first-order chi connectivity index (χ1) is 7.74. The fourth-order valence-corrected chi connectivity index (χ4v) is 3.54. The van der Waals surface area contributed by atoms with Crippen molar-refractivity contribution in [3.63, 3.8) is 0 Å². The molecule has 1 atom stereocenters. The average Bonchev–Trinajstić information content (AvgIpc) is 2.90. The third-order valence-electron chi connectivity index (χ3n) is 3.50. The Balaban J connectivity index is 1.88. The van der Waals surface area contributed by atoms with Gasteiger partial charge in [-0.3, -0.25) is 0 Å². The Kier molecular flexibility index (Phi) is 4.00. The van der Waals surface area contributed by atoms with Crippen LogP contribution in [-0.4, -0.2) is 23.3 Å². The van der Waals surface area contributed by atoms with Crippen LogP contribution in [0.3, 0.4) is 0 Å². The molecule has 0 aromatic carbocycles. The van der Waals surface area contributed by atoms with Gasteiger partial charge >= 0.3 is 0 Å². The third kappa shape index (κ3) is 2.84. The Bertz CT molecular complexity index is 304. The lowest BCUT2D eigenvalue weighted by Crippen LogP contribution is -2.50. The fourth-order valence-electron chi connectivity index (χ4n) is 2.70. The van der Waals surface area contributed by atoms with Gasteiger partial charge in [-0.1, -0.05) is 18.9 Å². The Morgan fingerprint density at radius 3 is 2.81 bits per heavy atom. The smallest absolute Gasteiger partial charge is 0.0613 e. The summed E-state index contributed by atoms with van der Waals surface area (Å²) in [4.78, 5) is 1.42. The van der Waals surface area contributed by atoms with Crippen molar-refractivity contribution in [2.24, 2.45) is 0 Å². The van der Waals surface area contributed by atoms with Gasteiger partial charge in [0.1, 0.15) is 0 Å². The van der Waals surface area contributed by atoms with Gasteiger partial charge in [0.05, 0.1) is 6.61 Å². The molecule has 3 heteroatoms. The SMILES string of the molecule is CC(Cc1cccs1)NC1(CO)CCCC1. The van der Waals surface area contributed by atoms with E-state index in [9.17, 15) is 5.11 Å². The van der Waals surface area contributed by atoms with E-state index in [0.717, 1.165) is 19.3 Å². The van der Waals surface area contributed by atoms with Crippen molar-refractivity contribution >= 4 is 11.3 Å². The molecule has 2 nitrogen and oxygen atoms in total. The van der Waals surface area contributed by atoms with Gasteiger partial charge in [-0.15, -0.1) is 11.3 Å². The van der Waals surface area contributed by atoms with Gasteiger partial charge in [-0.05, 0) is 37.6 Å². The molecule has 1 saturated carbocycles. The molecular formula is C13H21NOS. The summed E-state index contributed by atoms with van der Waals surface area (Å²) < 4.78 is 0. The monoisotopic (exact) mass is 239 g/mol. The zero-order valence-electron chi connectivity index (χ0n) is 9.91. The number of hydrogen-bond donors (Lipinski definition) is 2. The molecule has 1 aliphatic carbocycles. The summed E-state index contributed by atoms with van der Waals surface area (Å²) in [6, 6.07) is 4.73. The maximum Gasteiger partial charge on any atom is 0.0613 e. The first kappa shape index (κ1) is 12.1. The van der Waals surface area contributed by atoms with E-state index in [1.165, 1.54) is 17.7 Å². The third-order valence-corrected chi connectivity index (χ3v) is 4.40.